The number of carbonyl (C=O) groups is 4. The zero-order chi connectivity index (χ0) is 22.0. The molecular formula is C20H16N6O4S. The molecule has 2 aromatic heterocycles. The van der Waals surface area contributed by atoms with E-state index in [9.17, 15) is 19.2 Å². The molecule has 0 fully saturated rings. The third-order valence-electron chi connectivity index (χ3n) is 4.44. The van der Waals surface area contributed by atoms with Gasteiger partial charge in [-0.25, -0.2) is 4.98 Å². The van der Waals surface area contributed by atoms with Gasteiger partial charge in [0.15, 0.2) is 0 Å². The van der Waals surface area contributed by atoms with Gasteiger partial charge in [-0.05, 0) is 24.3 Å². The molecule has 1 aromatic carbocycles. The van der Waals surface area contributed by atoms with E-state index >= 15 is 0 Å². The lowest BCUT2D eigenvalue weighted by atomic mass is 10.1. The molecular weight excluding hydrogens is 420 g/mol. The number of hydrogen-bond donors (Lipinski definition) is 2. The van der Waals surface area contributed by atoms with Crippen molar-refractivity contribution in [3.05, 3.63) is 64.3 Å². The predicted octanol–water partition coefficient (Wildman–Crippen LogP) is 1.98. The largest absolute Gasteiger partial charge is 0.311 e. The monoisotopic (exact) mass is 436 g/mol. The Morgan fingerprint density at radius 3 is 2.42 bits per heavy atom. The summed E-state index contributed by atoms with van der Waals surface area (Å²) in [4.78, 5) is 53.5. The zero-order valence-electron chi connectivity index (χ0n) is 16.3. The van der Waals surface area contributed by atoms with E-state index in [1.807, 2.05) is 0 Å². The molecule has 4 amide bonds. The molecule has 2 N–H and O–H groups in total. The highest BCUT2D eigenvalue weighted by atomic mass is 32.1. The van der Waals surface area contributed by atoms with Crippen LogP contribution in [0, 0.1) is 0 Å². The third kappa shape index (κ3) is 4.31. The highest BCUT2D eigenvalue weighted by Gasteiger charge is 2.34. The van der Waals surface area contributed by atoms with Gasteiger partial charge in [-0.2, -0.15) is 0 Å². The zero-order valence-corrected chi connectivity index (χ0v) is 17.1. The average Bonchev–Trinajstić information content (AvgIpc) is 3.29. The fraction of sp³-hybridized carbons (Fsp3) is 0.150. The maximum Gasteiger partial charge on any atom is 0.261 e. The SMILES string of the molecule is CC(=O)Nc1cc(C(=O)Nc2nnc(CCN3C(=O)c4ccccc4C3=O)s2)ccn1. The maximum absolute atomic E-state index is 12.4. The molecule has 4 rings (SSSR count). The fourth-order valence-corrected chi connectivity index (χ4v) is 3.77. The highest BCUT2D eigenvalue weighted by molar-refractivity contribution is 7.15. The van der Waals surface area contributed by atoms with Gasteiger partial charge in [0.2, 0.25) is 11.0 Å². The number of pyridine rings is 1. The molecule has 0 radical (unpaired) electrons. The second kappa shape index (κ2) is 8.40. The molecule has 156 valence electrons. The lowest BCUT2D eigenvalue weighted by Crippen LogP contribution is -2.31. The summed E-state index contributed by atoms with van der Waals surface area (Å²) in [7, 11) is 0. The van der Waals surface area contributed by atoms with Crippen molar-refractivity contribution >= 4 is 45.9 Å². The van der Waals surface area contributed by atoms with E-state index < -0.39 is 5.91 Å². The molecule has 31 heavy (non-hydrogen) atoms. The molecule has 0 atom stereocenters. The smallest absolute Gasteiger partial charge is 0.261 e. The summed E-state index contributed by atoms with van der Waals surface area (Å²) in [5, 5.41) is 13.9. The Morgan fingerprint density at radius 2 is 1.74 bits per heavy atom. The topological polar surface area (TPSA) is 134 Å². The van der Waals surface area contributed by atoms with E-state index in [0.717, 1.165) is 11.3 Å². The Bertz CT molecular complexity index is 1170. The van der Waals surface area contributed by atoms with Gasteiger partial charge in [0.1, 0.15) is 10.8 Å². The minimum Gasteiger partial charge on any atom is -0.311 e. The number of benzene rings is 1. The first kappa shape index (κ1) is 20.3. The van der Waals surface area contributed by atoms with E-state index in [4.69, 9.17) is 0 Å². The summed E-state index contributed by atoms with van der Waals surface area (Å²) < 4.78 is 0. The van der Waals surface area contributed by atoms with Crippen LogP contribution in [0.3, 0.4) is 0 Å². The van der Waals surface area contributed by atoms with E-state index in [-0.39, 0.29) is 35.2 Å². The number of nitrogens with one attached hydrogen (secondary N) is 2. The Hall–Kier alpha value is -3.99. The molecule has 10 nitrogen and oxygen atoms in total. The molecule has 3 aromatic rings. The number of hydrogen-bond acceptors (Lipinski definition) is 8. The van der Waals surface area contributed by atoms with Crippen molar-refractivity contribution in [2.24, 2.45) is 0 Å². The molecule has 0 unspecified atom stereocenters. The van der Waals surface area contributed by atoms with Crippen molar-refractivity contribution in [3.8, 4) is 0 Å². The molecule has 0 saturated carbocycles. The Kier molecular flexibility index (Phi) is 5.50. The molecule has 0 saturated heterocycles. The normalized spacial score (nSPS) is 12.6. The summed E-state index contributed by atoms with van der Waals surface area (Å²) in [5.74, 6) is -1.12. The van der Waals surface area contributed by atoms with Crippen LogP contribution in [0.15, 0.2) is 42.6 Å². The maximum atomic E-state index is 12.4. The quantitative estimate of drug-likeness (QED) is 0.564. The van der Waals surface area contributed by atoms with Gasteiger partial charge < -0.3 is 5.32 Å². The van der Waals surface area contributed by atoms with Crippen LogP contribution in [0.4, 0.5) is 10.9 Å². The van der Waals surface area contributed by atoms with E-state index in [0.29, 0.717) is 28.1 Å². The molecule has 1 aliphatic rings. The first-order chi connectivity index (χ1) is 14.9. The summed E-state index contributed by atoms with van der Waals surface area (Å²) in [6, 6.07) is 9.64. The number of amides is 4. The van der Waals surface area contributed by atoms with Crippen molar-refractivity contribution < 1.29 is 19.2 Å². The van der Waals surface area contributed by atoms with Crippen LogP contribution in [0.1, 0.15) is 43.0 Å². The van der Waals surface area contributed by atoms with Crippen molar-refractivity contribution in [1.29, 1.82) is 0 Å². The number of anilines is 2. The number of rotatable bonds is 6. The summed E-state index contributed by atoms with van der Waals surface area (Å²) in [5.41, 5.74) is 1.09. The average molecular weight is 436 g/mol. The minimum atomic E-state index is -0.433. The lowest BCUT2D eigenvalue weighted by Gasteiger charge is -2.12. The van der Waals surface area contributed by atoms with Crippen LogP contribution in [0.5, 0.6) is 0 Å². The molecule has 1 aliphatic heterocycles. The van der Waals surface area contributed by atoms with Crippen molar-refractivity contribution in [2.75, 3.05) is 17.2 Å². The van der Waals surface area contributed by atoms with Gasteiger partial charge in [-0.15, -0.1) is 10.2 Å². The van der Waals surface area contributed by atoms with Gasteiger partial charge in [-0.3, -0.25) is 29.4 Å². The van der Waals surface area contributed by atoms with Crippen LogP contribution in [-0.4, -0.2) is 50.3 Å². The van der Waals surface area contributed by atoms with E-state index in [1.165, 1.54) is 30.2 Å². The fourth-order valence-electron chi connectivity index (χ4n) is 3.04. The second-order valence-electron chi connectivity index (χ2n) is 6.62. The van der Waals surface area contributed by atoms with Gasteiger partial charge in [-0.1, -0.05) is 23.5 Å². The van der Waals surface area contributed by atoms with Gasteiger partial charge in [0.05, 0.1) is 11.1 Å². The number of fused-ring (bicyclic) bond motifs is 1. The third-order valence-corrected chi connectivity index (χ3v) is 5.34. The first-order valence-corrected chi connectivity index (χ1v) is 10.1. The van der Waals surface area contributed by atoms with Crippen LogP contribution in [0.2, 0.25) is 0 Å². The van der Waals surface area contributed by atoms with Crippen molar-refractivity contribution in [3.63, 3.8) is 0 Å². The summed E-state index contributed by atoms with van der Waals surface area (Å²) >= 11 is 1.15. The standard InChI is InChI=1S/C20H16N6O4S/c1-11(27)22-15-10-12(6-8-21-15)17(28)23-20-25-24-16(31-20)7-9-26-18(29)13-4-2-3-5-14(13)19(26)30/h2-6,8,10H,7,9H2,1H3,(H,21,22,27)(H,23,25,28). The van der Waals surface area contributed by atoms with Crippen LogP contribution in [-0.2, 0) is 11.2 Å². The van der Waals surface area contributed by atoms with Crippen molar-refractivity contribution in [2.45, 2.75) is 13.3 Å². The van der Waals surface area contributed by atoms with Crippen LogP contribution < -0.4 is 10.6 Å². The molecule has 0 aliphatic carbocycles. The summed E-state index contributed by atoms with van der Waals surface area (Å²) in [6.07, 6.45) is 1.73. The van der Waals surface area contributed by atoms with Gasteiger partial charge >= 0.3 is 0 Å². The molecule has 11 heteroatoms. The van der Waals surface area contributed by atoms with Gasteiger partial charge in [0, 0.05) is 31.6 Å². The second-order valence-corrected chi connectivity index (χ2v) is 7.69. The number of carbonyl (C=O) groups excluding carboxylic acids is 4. The molecule has 0 bridgehead atoms. The Labute approximate surface area is 180 Å². The number of aromatic nitrogens is 3. The molecule has 0 spiro atoms. The first-order valence-electron chi connectivity index (χ1n) is 9.25. The minimum absolute atomic E-state index is 0.166. The Balaban J connectivity index is 1.37. The Morgan fingerprint density at radius 1 is 1.03 bits per heavy atom. The van der Waals surface area contributed by atoms with E-state index in [1.54, 1.807) is 24.3 Å². The molecule has 3 heterocycles. The van der Waals surface area contributed by atoms with Crippen molar-refractivity contribution in [1.82, 2.24) is 20.1 Å². The number of nitrogens with zero attached hydrogens (tertiary/aromatic N) is 4. The van der Waals surface area contributed by atoms with Crippen LogP contribution >= 0.6 is 11.3 Å². The number of imide groups is 1. The highest BCUT2D eigenvalue weighted by Crippen LogP contribution is 2.23. The lowest BCUT2D eigenvalue weighted by molar-refractivity contribution is -0.114. The summed E-state index contributed by atoms with van der Waals surface area (Å²) in [6.45, 7) is 1.51. The van der Waals surface area contributed by atoms with Gasteiger partial charge in [0.25, 0.3) is 17.7 Å². The van der Waals surface area contributed by atoms with Crippen LogP contribution in [0.25, 0.3) is 0 Å². The van der Waals surface area contributed by atoms with E-state index in [2.05, 4.69) is 25.8 Å². The predicted molar refractivity (Wildman–Crippen MR) is 112 cm³/mol.